The van der Waals surface area contributed by atoms with Gasteiger partial charge in [0.15, 0.2) is 0 Å². The van der Waals surface area contributed by atoms with Crippen molar-refractivity contribution >= 4 is 44.5 Å². The first kappa shape index (κ1) is 19.0. The van der Waals surface area contributed by atoms with Gasteiger partial charge in [-0.25, -0.2) is 0 Å². The number of amides is 1. The standard InChI is InChI=1S/C19H20AsClFN3O2/c1-25-18(20)16(19(27)23-12-2-3-15(22)14(21)8-12)17(24-25)11-4-9-6-13(26)7-10(9)5-11/h2-3,8-11,13,26H,4-7H2,1H3,(H,23,27). The number of nitrogens with zero attached hydrogens (tertiary/aromatic N) is 2. The number of fused-ring (bicyclic) bond motifs is 1. The van der Waals surface area contributed by atoms with E-state index in [-0.39, 0.29) is 23.0 Å². The maximum absolute atomic E-state index is 13.4. The first-order valence-corrected chi connectivity index (χ1v) is 10.4. The second kappa shape index (κ2) is 7.23. The van der Waals surface area contributed by atoms with E-state index in [4.69, 9.17) is 11.6 Å². The van der Waals surface area contributed by atoms with Crippen LogP contribution in [0.1, 0.15) is 47.7 Å². The number of rotatable bonds is 3. The van der Waals surface area contributed by atoms with Crippen molar-refractivity contribution in [1.29, 1.82) is 0 Å². The van der Waals surface area contributed by atoms with E-state index < -0.39 is 5.82 Å². The fourth-order valence-corrected chi connectivity index (χ4v) is 5.34. The van der Waals surface area contributed by atoms with Gasteiger partial charge in [0.1, 0.15) is 0 Å². The first-order chi connectivity index (χ1) is 12.8. The van der Waals surface area contributed by atoms with Crippen molar-refractivity contribution in [2.45, 2.75) is 37.7 Å². The van der Waals surface area contributed by atoms with Crippen LogP contribution in [0, 0.1) is 17.7 Å². The zero-order chi connectivity index (χ0) is 19.3. The molecule has 2 aliphatic carbocycles. The van der Waals surface area contributed by atoms with Crippen molar-refractivity contribution in [2.75, 3.05) is 5.32 Å². The Morgan fingerprint density at radius 1 is 1.33 bits per heavy atom. The molecule has 1 aromatic heterocycles. The molecule has 2 aliphatic rings. The van der Waals surface area contributed by atoms with Gasteiger partial charge in [-0.3, -0.25) is 0 Å². The molecular weight excluding hydrogens is 432 g/mol. The van der Waals surface area contributed by atoms with Crippen LogP contribution >= 0.6 is 11.6 Å². The Bertz CT molecular complexity index is 889. The molecule has 8 heteroatoms. The number of carbonyl (C=O) groups excluding carboxylic acids is 1. The number of hydrogen-bond donors (Lipinski definition) is 2. The summed E-state index contributed by atoms with van der Waals surface area (Å²) in [5, 5.41) is 17.3. The number of aryl methyl sites for hydroxylation is 1. The molecule has 2 unspecified atom stereocenters. The Kier molecular flexibility index (Phi) is 5.08. The fourth-order valence-electron chi connectivity index (χ4n) is 4.61. The maximum atomic E-state index is 13.4. The van der Waals surface area contributed by atoms with Crippen LogP contribution in [-0.2, 0) is 7.05 Å². The van der Waals surface area contributed by atoms with Crippen molar-refractivity contribution < 1.29 is 14.3 Å². The molecule has 142 valence electrons. The zero-order valence-corrected chi connectivity index (χ0v) is 17.5. The van der Waals surface area contributed by atoms with E-state index in [1.54, 1.807) is 4.68 Å². The Labute approximate surface area is 170 Å². The quantitative estimate of drug-likeness (QED) is 0.705. The number of anilines is 1. The Hall–Kier alpha value is -1.36. The summed E-state index contributed by atoms with van der Waals surface area (Å²) in [5.41, 5.74) is 1.81. The molecule has 1 amide bonds. The predicted molar refractivity (Wildman–Crippen MR) is 102 cm³/mol. The third kappa shape index (κ3) is 3.55. The predicted octanol–water partition coefficient (Wildman–Crippen LogP) is 2.52. The van der Waals surface area contributed by atoms with Crippen LogP contribution in [0.25, 0.3) is 0 Å². The zero-order valence-electron chi connectivity index (χ0n) is 14.8. The van der Waals surface area contributed by atoms with Crippen LogP contribution < -0.4 is 9.80 Å². The van der Waals surface area contributed by atoms with Crippen molar-refractivity contribution in [3.63, 3.8) is 0 Å². The van der Waals surface area contributed by atoms with Gasteiger partial charge in [-0.15, -0.1) is 0 Å². The van der Waals surface area contributed by atoms with Gasteiger partial charge in [0, 0.05) is 0 Å². The molecule has 2 atom stereocenters. The van der Waals surface area contributed by atoms with Crippen molar-refractivity contribution in [3.8, 4) is 0 Å². The minimum atomic E-state index is -0.524. The summed E-state index contributed by atoms with van der Waals surface area (Å²) < 4.78 is 15.8. The van der Waals surface area contributed by atoms with Crippen LogP contribution in [-0.4, -0.2) is 43.8 Å². The van der Waals surface area contributed by atoms with Gasteiger partial charge >= 0.3 is 171 Å². The number of nitrogens with one attached hydrogen (secondary N) is 1. The van der Waals surface area contributed by atoms with E-state index in [9.17, 15) is 14.3 Å². The first-order valence-electron chi connectivity index (χ1n) is 9.03. The second-order valence-electron chi connectivity index (χ2n) is 7.60. The third-order valence-corrected chi connectivity index (χ3v) is 7.19. The van der Waals surface area contributed by atoms with Crippen molar-refractivity contribution in [1.82, 2.24) is 9.78 Å². The summed E-state index contributed by atoms with van der Waals surface area (Å²) in [6.45, 7) is 0. The second-order valence-corrected chi connectivity index (χ2v) is 8.90. The van der Waals surface area contributed by atoms with Gasteiger partial charge in [0.05, 0.1) is 0 Å². The topological polar surface area (TPSA) is 67.1 Å². The van der Waals surface area contributed by atoms with E-state index in [1.165, 1.54) is 18.2 Å². The van der Waals surface area contributed by atoms with Crippen LogP contribution in [0.4, 0.5) is 10.1 Å². The van der Waals surface area contributed by atoms with Crippen LogP contribution in [0.2, 0.25) is 5.02 Å². The number of aliphatic hydroxyl groups is 1. The van der Waals surface area contributed by atoms with E-state index in [0.717, 1.165) is 35.9 Å². The summed E-state index contributed by atoms with van der Waals surface area (Å²) >= 11 is 8.22. The van der Waals surface area contributed by atoms with Gasteiger partial charge in [-0.2, -0.15) is 0 Å². The van der Waals surface area contributed by atoms with Crippen molar-refractivity contribution in [3.05, 3.63) is 40.3 Å². The average Bonchev–Trinajstić information content (AvgIpc) is 3.22. The Morgan fingerprint density at radius 2 is 2.00 bits per heavy atom. The molecule has 2 fully saturated rings. The fraction of sp³-hybridized carbons (Fsp3) is 0.474. The summed E-state index contributed by atoms with van der Waals surface area (Å²) in [4.78, 5) is 13.0. The van der Waals surface area contributed by atoms with Gasteiger partial charge < -0.3 is 0 Å². The van der Waals surface area contributed by atoms with Gasteiger partial charge in [-0.05, 0) is 0 Å². The molecule has 0 bridgehead atoms. The number of benzene rings is 1. The molecule has 0 spiro atoms. The molecule has 1 heterocycles. The molecule has 1 aromatic carbocycles. The van der Waals surface area contributed by atoms with Gasteiger partial charge in [0.25, 0.3) is 0 Å². The summed E-state index contributed by atoms with van der Waals surface area (Å²) in [6.07, 6.45) is 3.41. The Balaban J connectivity index is 1.59. The van der Waals surface area contributed by atoms with Crippen molar-refractivity contribution in [2.24, 2.45) is 18.9 Å². The van der Waals surface area contributed by atoms with E-state index >= 15 is 0 Å². The van der Waals surface area contributed by atoms with Gasteiger partial charge in [0.2, 0.25) is 0 Å². The molecule has 5 nitrogen and oxygen atoms in total. The number of carbonyl (C=O) groups is 1. The monoisotopic (exact) mass is 451 g/mol. The molecule has 2 radical (unpaired) electrons. The molecule has 4 rings (SSSR count). The summed E-state index contributed by atoms with van der Waals surface area (Å²) in [5.74, 6) is 0.439. The van der Waals surface area contributed by atoms with E-state index in [1.807, 2.05) is 7.05 Å². The Morgan fingerprint density at radius 3 is 2.63 bits per heavy atom. The number of aliphatic hydroxyl groups excluding tert-OH is 1. The number of halogens is 2. The van der Waals surface area contributed by atoms with Gasteiger partial charge in [-0.1, -0.05) is 0 Å². The molecule has 2 N–H and O–H groups in total. The number of aromatic nitrogens is 2. The molecular formula is C19H20AsClFN3O2. The SMILES string of the molecule is Cn1nc(C2CC3CC(O)CC3C2)c(C(=O)Nc2ccc(F)c(Cl)c2)c1[As]. The minimum absolute atomic E-state index is 0.0334. The molecule has 0 saturated heterocycles. The summed E-state index contributed by atoms with van der Waals surface area (Å²) in [7, 11) is 1.82. The number of hydrogen-bond acceptors (Lipinski definition) is 3. The van der Waals surface area contributed by atoms with E-state index in [2.05, 4.69) is 27.3 Å². The molecule has 2 saturated carbocycles. The average molecular weight is 452 g/mol. The molecule has 27 heavy (non-hydrogen) atoms. The van der Waals surface area contributed by atoms with Crippen LogP contribution in [0.3, 0.4) is 0 Å². The third-order valence-electron chi connectivity index (χ3n) is 5.83. The van der Waals surface area contributed by atoms with Crippen LogP contribution in [0.5, 0.6) is 0 Å². The molecule has 2 aromatic rings. The van der Waals surface area contributed by atoms with Crippen LogP contribution in [0.15, 0.2) is 18.2 Å². The normalized spacial score (nSPS) is 27.0. The molecule has 0 aliphatic heterocycles. The summed E-state index contributed by atoms with van der Waals surface area (Å²) in [6, 6.07) is 4.12. The van der Waals surface area contributed by atoms with E-state index in [0.29, 0.717) is 23.1 Å².